The minimum atomic E-state index is 0.820. The highest BCUT2D eigenvalue weighted by molar-refractivity contribution is 7.16. The van der Waals surface area contributed by atoms with Gasteiger partial charge in [0.1, 0.15) is 5.82 Å². The van der Waals surface area contributed by atoms with Gasteiger partial charge in [-0.15, -0.1) is 11.3 Å². The van der Waals surface area contributed by atoms with Crippen molar-refractivity contribution in [3.63, 3.8) is 0 Å². The molecule has 1 aromatic carbocycles. The normalized spacial score (nSPS) is 11.0. The second-order valence-electron chi connectivity index (χ2n) is 4.29. The number of benzene rings is 1. The van der Waals surface area contributed by atoms with Crippen molar-refractivity contribution in [2.45, 2.75) is 0 Å². The second kappa shape index (κ2) is 4.54. The molecule has 5 heteroatoms. The molecule has 1 radical (unpaired) electrons. The van der Waals surface area contributed by atoms with Crippen LogP contribution in [-0.2, 0) is 0 Å². The number of H-pyrrole nitrogens is 1. The summed E-state index contributed by atoms with van der Waals surface area (Å²) in [5.74, 6) is 0.820. The van der Waals surface area contributed by atoms with Crippen LogP contribution < -0.4 is 0 Å². The number of fused-ring (bicyclic) bond motifs is 1. The SMILES string of the molecule is [c]1nc2c(-c3ccccn3)c(-c3ncc[nH]3)ccc2s1. The van der Waals surface area contributed by atoms with Crippen LogP contribution in [0.25, 0.3) is 32.9 Å². The van der Waals surface area contributed by atoms with Gasteiger partial charge in [-0.2, -0.15) is 0 Å². The third-order valence-electron chi connectivity index (χ3n) is 3.13. The fourth-order valence-electron chi connectivity index (χ4n) is 2.26. The zero-order valence-corrected chi connectivity index (χ0v) is 11.2. The summed E-state index contributed by atoms with van der Waals surface area (Å²) in [6.45, 7) is 0. The lowest BCUT2D eigenvalue weighted by Gasteiger charge is -2.08. The Labute approximate surface area is 119 Å². The van der Waals surface area contributed by atoms with E-state index in [2.05, 4.69) is 31.5 Å². The Hall–Kier alpha value is -2.53. The van der Waals surface area contributed by atoms with Gasteiger partial charge in [0.05, 0.1) is 15.9 Å². The van der Waals surface area contributed by atoms with E-state index in [1.165, 1.54) is 11.3 Å². The van der Waals surface area contributed by atoms with Crippen LogP contribution in [0.1, 0.15) is 0 Å². The Morgan fingerprint density at radius 3 is 2.85 bits per heavy atom. The molecule has 3 aromatic heterocycles. The number of aromatic amines is 1. The first-order chi connectivity index (χ1) is 9.93. The van der Waals surface area contributed by atoms with Gasteiger partial charge in [-0.3, -0.25) is 4.98 Å². The van der Waals surface area contributed by atoms with E-state index in [1.54, 1.807) is 12.4 Å². The minimum absolute atomic E-state index is 0.820. The van der Waals surface area contributed by atoms with Crippen molar-refractivity contribution in [3.8, 4) is 22.6 Å². The van der Waals surface area contributed by atoms with Gasteiger partial charge in [-0.25, -0.2) is 9.97 Å². The molecule has 4 aromatic rings. The van der Waals surface area contributed by atoms with Gasteiger partial charge in [0, 0.05) is 29.7 Å². The van der Waals surface area contributed by atoms with Crippen molar-refractivity contribution in [2.24, 2.45) is 0 Å². The van der Waals surface area contributed by atoms with Crippen LogP contribution in [0.15, 0.2) is 48.9 Å². The summed E-state index contributed by atoms with van der Waals surface area (Å²) in [6, 6.07) is 9.97. The average Bonchev–Trinajstić information content (AvgIpc) is 3.18. The predicted molar refractivity (Wildman–Crippen MR) is 79.3 cm³/mol. The van der Waals surface area contributed by atoms with Gasteiger partial charge < -0.3 is 4.98 Å². The van der Waals surface area contributed by atoms with Gasteiger partial charge >= 0.3 is 0 Å². The van der Waals surface area contributed by atoms with Gasteiger partial charge in [-0.1, -0.05) is 6.07 Å². The number of hydrogen-bond acceptors (Lipinski definition) is 4. The molecule has 0 bridgehead atoms. The first-order valence-corrected chi connectivity index (χ1v) is 6.96. The number of nitrogens with zero attached hydrogens (tertiary/aromatic N) is 3. The van der Waals surface area contributed by atoms with Crippen molar-refractivity contribution >= 4 is 21.6 Å². The summed E-state index contributed by atoms with van der Waals surface area (Å²) in [5.41, 5.74) is 6.76. The maximum absolute atomic E-state index is 4.46. The lowest BCUT2D eigenvalue weighted by atomic mass is 10.0. The summed E-state index contributed by atoms with van der Waals surface area (Å²) >= 11 is 1.51. The molecule has 0 aliphatic rings. The number of thiazole rings is 1. The fraction of sp³-hybridized carbons (Fsp3) is 0. The molecule has 20 heavy (non-hydrogen) atoms. The molecule has 0 aliphatic carbocycles. The van der Waals surface area contributed by atoms with E-state index in [1.807, 2.05) is 30.5 Å². The van der Waals surface area contributed by atoms with E-state index in [-0.39, 0.29) is 0 Å². The Morgan fingerprint density at radius 2 is 2.05 bits per heavy atom. The summed E-state index contributed by atoms with van der Waals surface area (Å²) in [6.07, 6.45) is 5.35. The molecule has 0 saturated heterocycles. The molecule has 0 saturated carbocycles. The van der Waals surface area contributed by atoms with Gasteiger partial charge in [-0.05, 0) is 24.3 Å². The lowest BCUT2D eigenvalue weighted by Crippen LogP contribution is -1.90. The molecule has 95 valence electrons. The smallest absolute Gasteiger partial charge is 0.153 e. The number of aromatic nitrogens is 4. The Bertz CT molecular complexity index is 850. The van der Waals surface area contributed by atoms with Crippen LogP contribution in [0.3, 0.4) is 0 Å². The summed E-state index contributed by atoms with van der Waals surface area (Å²) in [7, 11) is 0. The van der Waals surface area contributed by atoms with Crippen LogP contribution in [0.4, 0.5) is 0 Å². The minimum Gasteiger partial charge on any atom is -0.345 e. The monoisotopic (exact) mass is 277 g/mol. The predicted octanol–water partition coefficient (Wildman–Crippen LogP) is 3.55. The van der Waals surface area contributed by atoms with E-state index in [9.17, 15) is 0 Å². The Kier molecular flexibility index (Phi) is 2.57. The Balaban J connectivity index is 2.09. The highest BCUT2D eigenvalue weighted by Crippen LogP contribution is 2.36. The van der Waals surface area contributed by atoms with Crippen LogP contribution >= 0.6 is 11.3 Å². The van der Waals surface area contributed by atoms with Gasteiger partial charge in [0.15, 0.2) is 5.51 Å². The van der Waals surface area contributed by atoms with Crippen LogP contribution in [0.2, 0.25) is 0 Å². The number of rotatable bonds is 2. The Morgan fingerprint density at radius 1 is 1.05 bits per heavy atom. The molecular weight excluding hydrogens is 268 g/mol. The topological polar surface area (TPSA) is 54.5 Å². The van der Waals surface area contributed by atoms with Crippen molar-refractivity contribution in [1.82, 2.24) is 19.9 Å². The number of nitrogens with one attached hydrogen (secondary N) is 1. The third-order valence-corrected chi connectivity index (χ3v) is 3.86. The molecule has 0 unspecified atom stereocenters. The number of pyridine rings is 1. The maximum atomic E-state index is 4.46. The lowest BCUT2D eigenvalue weighted by molar-refractivity contribution is 1.29. The molecule has 4 rings (SSSR count). The number of imidazole rings is 1. The zero-order valence-electron chi connectivity index (χ0n) is 10.4. The average molecular weight is 277 g/mol. The standard InChI is InChI=1S/C15H9N4S/c1-2-6-16-11(3-1)13-10(15-17-7-8-18-15)4-5-12-14(13)19-9-20-12/h1-8H,(H,17,18). The van der Waals surface area contributed by atoms with Crippen molar-refractivity contribution in [2.75, 3.05) is 0 Å². The van der Waals surface area contributed by atoms with Crippen molar-refractivity contribution in [3.05, 3.63) is 54.4 Å². The summed E-state index contributed by atoms with van der Waals surface area (Å²) in [4.78, 5) is 16.3. The summed E-state index contributed by atoms with van der Waals surface area (Å²) in [5, 5.41) is 0. The molecular formula is C15H9N4S. The molecule has 0 aliphatic heterocycles. The molecule has 1 N–H and O–H groups in total. The fourth-order valence-corrected chi connectivity index (χ4v) is 2.88. The largest absolute Gasteiger partial charge is 0.345 e. The van der Waals surface area contributed by atoms with E-state index in [0.717, 1.165) is 32.9 Å². The first kappa shape index (κ1) is 11.3. The second-order valence-corrected chi connectivity index (χ2v) is 5.12. The van der Waals surface area contributed by atoms with E-state index < -0.39 is 0 Å². The van der Waals surface area contributed by atoms with E-state index >= 15 is 0 Å². The summed E-state index contributed by atoms with van der Waals surface area (Å²) < 4.78 is 1.10. The molecule has 0 fully saturated rings. The molecule has 0 amide bonds. The van der Waals surface area contributed by atoms with Crippen molar-refractivity contribution < 1.29 is 0 Å². The highest BCUT2D eigenvalue weighted by Gasteiger charge is 2.15. The molecule has 0 spiro atoms. The number of hydrogen-bond donors (Lipinski definition) is 1. The first-order valence-electron chi connectivity index (χ1n) is 6.14. The van der Waals surface area contributed by atoms with Gasteiger partial charge in [0.2, 0.25) is 0 Å². The van der Waals surface area contributed by atoms with Crippen LogP contribution in [0, 0.1) is 5.51 Å². The van der Waals surface area contributed by atoms with Crippen LogP contribution in [-0.4, -0.2) is 19.9 Å². The third kappa shape index (κ3) is 1.71. The van der Waals surface area contributed by atoms with E-state index in [0.29, 0.717) is 0 Å². The van der Waals surface area contributed by atoms with Gasteiger partial charge in [0.25, 0.3) is 0 Å². The highest BCUT2D eigenvalue weighted by atomic mass is 32.1. The van der Waals surface area contributed by atoms with Crippen molar-refractivity contribution in [1.29, 1.82) is 0 Å². The van der Waals surface area contributed by atoms with E-state index in [4.69, 9.17) is 0 Å². The molecule has 4 nitrogen and oxygen atoms in total. The molecule has 3 heterocycles. The maximum Gasteiger partial charge on any atom is 0.153 e. The zero-order chi connectivity index (χ0) is 13.4. The molecule has 0 atom stereocenters. The quantitative estimate of drug-likeness (QED) is 0.609. The van der Waals surface area contributed by atoms with Crippen LogP contribution in [0.5, 0.6) is 0 Å².